The fourth-order valence-electron chi connectivity index (χ4n) is 2.65. The van der Waals surface area contributed by atoms with Crippen LogP contribution in [-0.4, -0.2) is 49.4 Å². The van der Waals surface area contributed by atoms with E-state index in [-0.39, 0.29) is 18.9 Å². The first-order valence-electron chi connectivity index (χ1n) is 10.5. The van der Waals surface area contributed by atoms with E-state index in [1.807, 2.05) is 0 Å². The van der Waals surface area contributed by atoms with E-state index in [1.165, 1.54) is 7.11 Å². The smallest absolute Gasteiger partial charge is 0.412 e. The number of anilines is 2. The van der Waals surface area contributed by atoms with Crippen LogP contribution in [-0.2, 0) is 23.8 Å². The van der Waals surface area contributed by atoms with Crippen molar-refractivity contribution in [3.8, 4) is 0 Å². The number of esters is 1. The number of alkyl carbamates (subject to hydrolysis) is 1. The molecule has 1 unspecified atom stereocenters. The highest BCUT2D eigenvalue weighted by molar-refractivity contribution is 5.97. The summed E-state index contributed by atoms with van der Waals surface area (Å²) in [6.07, 6.45) is 0.120. The number of amides is 3. The van der Waals surface area contributed by atoms with E-state index in [1.54, 1.807) is 52.0 Å². The molecule has 1 atom stereocenters. The molecule has 0 saturated carbocycles. The molecule has 3 amide bonds. The Balaban J connectivity index is 2.56. The SMILES string of the molecule is CCOC(=O)C(CCCCC(=O)Nc1ccccc1NC(=O)OC(C)(C)C)NC(=O)OC. The standard InChI is InChI=1S/C22H33N3O7/c1-6-31-19(27)17(25-20(28)30-5)13-9-10-14-18(26)23-15-11-7-8-12-16(15)24-21(29)32-22(2,3)4/h7-8,11-12,17H,6,9-10,13-14H2,1-5H3,(H,23,26)(H,24,29)(H,25,28). The normalized spacial score (nSPS) is 11.7. The maximum Gasteiger partial charge on any atom is 0.412 e. The second kappa shape index (κ2) is 13.2. The Bertz CT molecular complexity index is 790. The van der Waals surface area contributed by atoms with Gasteiger partial charge in [-0.15, -0.1) is 0 Å². The van der Waals surface area contributed by atoms with Crippen molar-refractivity contribution in [3.05, 3.63) is 24.3 Å². The van der Waals surface area contributed by atoms with E-state index < -0.39 is 29.8 Å². The van der Waals surface area contributed by atoms with Crippen LogP contribution in [0.5, 0.6) is 0 Å². The topological polar surface area (TPSA) is 132 Å². The molecule has 0 aliphatic carbocycles. The second-order valence-electron chi connectivity index (χ2n) is 7.91. The molecule has 0 aromatic heterocycles. The van der Waals surface area contributed by atoms with Gasteiger partial charge in [0.05, 0.1) is 25.1 Å². The number of hydrogen-bond acceptors (Lipinski definition) is 7. The number of rotatable bonds is 10. The molecule has 0 fully saturated rings. The Kier molecular flexibility index (Phi) is 11.0. The zero-order valence-electron chi connectivity index (χ0n) is 19.3. The van der Waals surface area contributed by atoms with Gasteiger partial charge in [-0.2, -0.15) is 0 Å². The summed E-state index contributed by atoms with van der Waals surface area (Å²) >= 11 is 0. The molecule has 0 spiro atoms. The van der Waals surface area contributed by atoms with Gasteiger partial charge in [0.25, 0.3) is 0 Å². The first kappa shape index (κ1) is 26.7. The van der Waals surface area contributed by atoms with Crippen LogP contribution >= 0.6 is 0 Å². The Morgan fingerprint density at radius 3 is 2.16 bits per heavy atom. The number of carbonyl (C=O) groups is 4. The van der Waals surface area contributed by atoms with Gasteiger partial charge in [0.2, 0.25) is 5.91 Å². The van der Waals surface area contributed by atoms with Gasteiger partial charge < -0.3 is 24.8 Å². The molecule has 178 valence electrons. The third-order valence-corrected chi connectivity index (χ3v) is 4.03. The van der Waals surface area contributed by atoms with Gasteiger partial charge in [0.15, 0.2) is 0 Å². The third-order valence-electron chi connectivity index (χ3n) is 4.03. The summed E-state index contributed by atoms with van der Waals surface area (Å²) in [5.74, 6) is -0.804. The summed E-state index contributed by atoms with van der Waals surface area (Å²) in [6, 6.07) is 5.94. The number of nitrogens with one attached hydrogen (secondary N) is 3. The molecule has 0 heterocycles. The largest absolute Gasteiger partial charge is 0.464 e. The van der Waals surface area contributed by atoms with E-state index in [9.17, 15) is 19.2 Å². The predicted molar refractivity (Wildman–Crippen MR) is 119 cm³/mol. The molecule has 10 nitrogen and oxygen atoms in total. The van der Waals surface area contributed by atoms with Crippen LogP contribution in [0.25, 0.3) is 0 Å². The predicted octanol–water partition coefficient (Wildman–Crippen LogP) is 3.82. The molecule has 32 heavy (non-hydrogen) atoms. The fourth-order valence-corrected chi connectivity index (χ4v) is 2.65. The summed E-state index contributed by atoms with van der Waals surface area (Å²) < 4.78 is 14.7. The number of carbonyl (C=O) groups excluding carboxylic acids is 4. The fraction of sp³-hybridized carbons (Fsp3) is 0.545. The lowest BCUT2D eigenvalue weighted by molar-refractivity contribution is -0.145. The molecule has 1 aromatic rings. The first-order chi connectivity index (χ1) is 15.1. The Morgan fingerprint density at radius 1 is 0.969 bits per heavy atom. The van der Waals surface area contributed by atoms with Crippen molar-refractivity contribution in [2.45, 2.75) is 65.0 Å². The monoisotopic (exact) mass is 451 g/mol. The van der Waals surface area contributed by atoms with Gasteiger partial charge in [-0.3, -0.25) is 10.1 Å². The molecule has 1 aromatic carbocycles. The summed E-state index contributed by atoms with van der Waals surface area (Å²) in [4.78, 5) is 47.7. The molecule has 10 heteroatoms. The minimum Gasteiger partial charge on any atom is -0.464 e. The van der Waals surface area contributed by atoms with Crippen molar-refractivity contribution in [2.24, 2.45) is 0 Å². The van der Waals surface area contributed by atoms with Crippen LogP contribution in [0.15, 0.2) is 24.3 Å². The molecular weight excluding hydrogens is 418 g/mol. The van der Waals surface area contributed by atoms with Crippen LogP contribution in [0.3, 0.4) is 0 Å². The van der Waals surface area contributed by atoms with Crippen LogP contribution in [0.2, 0.25) is 0 Å². The highest BCUT2D eigenvalue weighted by Gasteiger charge is 2.22. The molecule has 0 radical (unpaired) electrons. The van der Waals surface area contributed by atoms with Crippen molar-refractivity contribution < 1.29 is 33.4 Å². The van der Waals surface area contributed by atoms with Crippen molar-refractivity contribution in [1.29, 1.82) is 0 Å². The number of hydrogen-bond donors (Lipinski definition) is 3. The summed E-state index contributed by atoms with van der Waals surface area (Å²) in [5.41, 5.74) is 0.215. The molecule has 3 N–H and O–H groups in total. The average molecular weight is 452 g/mol. The number of ether oxygens (including phenoxy) is 3. The lowest BCUT2D eigenvalue weighted by Gasteiger charge is -2.20. The molecule has 1 rings (SSSR count). The van der Waals surface area contributed by atoms with Crippen molar-refractivity contribution >= 4 is 35.4 Å². The summed E-state index contributed by atoms with van der Waals surface area (Å²) in [5, 5.41) is 7.82. The second-order valence-corrected chi connectivity index (χ2v) is 7.91. The van der Waals surface area contributed by atoms with Gasteiger partial charge in [-0.25, -0.2) is 14.4 Å². The Morgan fingerprint density at radius 2 is 1.59 bits per heavy atom. The van der Waals surface area contributed by atoms with Crippen molar-refractivity contribution in [2.75, 3.05) is 24.4 Å². The van der Waals surface area contributed by atoms with Crippen molar-refractivity contribution in [1.82, 2.24) is 5.32 Å². The third kappa shape index (κ3) is 10.6. The molecule has 0 bridgehead atoms. The summed E-state index contributed by atoms with van der Waals surface area (Å²) in [6.45, 7) is 7.14. The highest BCUT2D eigenvalue weighted by Crippen LogP contribution is 2.22. The van der Waals surface area contributed by atoms with Gasteiger partial charge in [0, 0.05) is 6.42 Å². The molecular formula is C22H33N3O7. The van der Waals surface area contributed by atoms with E-state index in [4.69, 9.17) is 9.47 Å². The zero-order valence-corrected chi connectivity index (χ0v) is 19.3. The minimum atomic E-state index is -0.843. The van der Waals surface area contributed by atoms with Crippen LogP contribution in [0.1, 0.15) is 53.4 Å². The zero-order chi connectivity index (χ0) is 24.1. The van der Waals surface area contributed by atoms with E-state index in [0.717, 1.165) is 0 Å². The Hall–Kier alpha value is -3.30. The van der Waals surface area contributed by atoms with Gasteiger partial charge >= 0.3 is 18.2 Å². The van der Waals surface area contributed by atoms with Gasteiger partial charge in [-0.05, 0) is 52.7 Å². The van der Waals surface area contributed by atoms with Gasteiger partial charge in [-0.1, -0.05) is 18.6 Å². The summed E-state index contributed by atoms with van der Waals surface area (Å²) in [7, 11) is 1.21. The number of benzene rings is 1. The lowest BCUT2D eigenvalue weighted by atomic mass is 10.1. The lowest BCUT2D eigenvalue weighted by Crippen LogP contribution is -2.41. The average Bonchev–Trinajstić information content (AvgIpc) is 2.70. The highest BCUT2D eigenvalue weighted by atomic mass is 16.6. The van der Waals surface area contributed by atoms with Crippen LogP contribution in [0, 0.1) is 0 Å². The van der Waals surface area contributed by atoms with Crippen LogP contribution < -0.4 is 16.0 Å². The number of unbranched alkanes of at least 4 members (excludes halogenated alkanes) is 1. The molecule has 0 saturated heterocycles. The van der Waals surface area contributed by atoms with Crippen LogP contribution in [0.4, 0.5) is 21.0 Å². The minimum absolute atomic E-state index is 0.189. The number of methoxy groups -OCH3 is 1. The maximum absolute atomic E-state index is 12.3. The number of para-hydroxylation sites is 2. The quantitative estimate of drug-likeness (QED) is 0.280. The molecule has 0 aliphatic heterocycles. The van der Waals surface area contributed by atoms with E-state index in [0.29, 0.717) is 30.6 Å². The van der Waals surface area contributed by atoms with E-state index >= 15 is 0 Å². The van der Waals surface area contributed by atoms with Crippen molar-refractivity contribution in [3.63, 3.8) is 0 Å². The maximum atomic E-state index is 12.3. The first-order valence-corrected chi connectivity index (χ1v) is 10.5. The molecule has 0 aliphatic rings. The Labute approximate surface area is 188 Å². The van der Waals surface area contributed by atoms with Gasteiger partial charge in [0.1, 0.15) is 11.6 Å². The van der Waals surface area contributed by atoms with E-state index in [2.05, 4.69) is 20.7 Å².